The van der Waals surface area contributed by atoms with Gasteiger partial charge in [-0.15, -0.1) is 11.3 Å². The van der Waals surface area contributed by atoms with E-state index in [0.717, 1.165) is 54.5 Å². The highest BCUT2D eigenvalue weighted by Crippen LogP contribution is 2.26. The van der Waals surface area contributed by atoms with Crippen molar-refractivity contribution in [3.8, 4) is 0 Å². The van der Waals surface area contributed by atoms with Gasteiger partial charge in [-0.05, 0) is 25.1 Å². The van der Waals surface area contributed by atoms with Gasteiger partial charge in [-0.1, -0.05) is 11.6 Å². The van der Waals surface area contributed by atoms with Crippen LogP contribution in [0.5, 0.6) is 0 Å². The number of hydrogen-bond acceptors (Lipinski definition) is 6. The summed E-state index contributed by atoms with van der Waals surface area (Å²) in [6.45, 7) is 6.91. The number of hydrogen-bond donors (Lipinski definition) is 0. The summed E-state index contributed by atoms with van der Waals surface area (Å²) in [7, 11) is 0. The van der Waals surface area contributed by atoms with Gasteiger partial charge >= 0.3 is 0 Å². The Labute approximate surface area is 149 Å². The summed E-state index contributed by atoms with van der Waals surface area (Å²) in [4.78, 5) is 18.2. The smallest absolute Gasteiger partial charge is 0.139 e. The molecule has 1 saturated heterocycles. The van der Waals surface area contributed by atoms with Crippen LogP contribution in [0.15, 0.2) is 29.9 Å². The molecule has 1 aliphatic rings. The molecule has 0 spiro atoms. The van der Waals surface area contributed by atoms with E-state index in [9.17, 15) is 0 Å². The first-order valence-corrected chi connectivity index (χ1v) is 9.23. The Morgan fingerprint density at radius 2 is 2.00 bits per heavy atom. The van der Waals surface area contributed by atoms with Crippen LogP contribution < -0.4 is 4.90 Å². The Morgan fingerprint density at radius 1 is 1.17 bits per heavy atom. The third kappa shape index (κ3) is 3.22. The summed E-state index contributed by atoms with van der Waals surface area (Å²) in [6.07, 6.45) is 1.62. The summed E-state index contributed by atoms with van der Waals surface area (Å²) in [5.41, 5.74) is 2.07. The van der Waals surface area contributed by atoms with Gasteiger partial charge in [-0.3, -0.25) is 4.90 Å². The van der Waals surface area contributed by atoms with Crippen LogP contribution in [0.3, 0.4) is 0 Å². The number of thiazole rings is 1. The topological polar surface area (TPSA) is 45.2 Å². The van der Waals surface area contributed by atoms with Crippen molar-refractivity contribution in [2.75, 3.05) is 31.1 Å². The van der Waals surface area contributed by atoms with Gasteiger partial charge in [-0.2, -0.15) is 0 Å². The van der Waals surface area contributed by atoms with Crippen LogP contribution in [-0.4, -0.2) is 46.0 Å². The van der Waals surface area contributed by atoms with Gasteiger partial charge < -0.3 is 4.90 Å². The summed E-state index contributed by atoms with van der Waals surface area (Å²) in [5, 5.41) is 5.05. The Balaban J connectivity index is 1.48. The minimum absolute atomic E-state index is 0.704. The van der Waals surface area contributed by atoms with Gasteiger partial charge in [0.05, 0.1) is 16.2 Å². The summed E-state index contributed by atoms with van der Waals surface area (Å²) < 4.78 is 0. The average molecular weight is 360 g/mol. The van der Waals surface area contributed by atoms with E-state index in [1.54, 1.807) is 17.7 Å². The van der Waals surface area contributed by atoms with E-state index in [1.165, 1.54) is 5.69 Å². The van der Waals surface area contributed by atoms with Crippen molar-refractivity contribution in [1.29, 1.82) is 0 Å². The lowest BCUT2D eigenvalue weighted by Gasteiger charge is -2.35. The molecular formula is C17H18ClN5S. The molecule has 5 nitrogen and oxygen atoms in total. The number of benzene rings is 1. The number of aryl methyl sites for hydroxylation is 1. The van der Waals surface area contributed by atoms with Crippen molar-refractivity contribution < 1.29 is 0 Å². The second kappa shape index (κ2) is 6.63. The Morgan fingerprint density at radius 3 is 2.75 bits per heavy atom. The molecule has 1 fully saturated rings. The van der Waals surface area contributed by atoms with Gasteiger partial charge in [0.1, 0.15) is 12.1 Å². The highest BCUT2D eigenvalue weighted by Gasteiger charge is 2.20. The fourth-order valence-corrected chi connectivity index (χ4v) is 3.87. The van der Waals surface area contributed by atoms with Gasteiger partial charge in [-0.25, -0.2) is 15.0 Å². The predicted molar refractivity (Wildman–Crippen MR) is 98.9 cm³/mol. The average Bonchev–Trinajstić information content (AvgIpc) is 3.00. The maximum absolute atomic E-state index is 6.07. The van der Waals surface area contributed by atoms with Crippen molar-refractivity contribution in [2.45, 2.75) is 13.5 Å². The van der Waals surface area contributed by atoms with Crippen molar-refractivity contribution in [1.82, 2.24) is 19.9 Å². The Kier molecular flexibility index (Phi) is 4.35. The largest absolute Gasteiger partial charge is 0.353 e. The number of aromatic nitrogens is 3. The molecule has 3 aromatic rings. The molecule has 1 aliphatic heterocycles. The normalized spacial score (nSPS) is 16.0. The third-order valence-corrected chi connectivity index (χ3v) is 5.36. The summed E-state index contributed by atoms with van der Waals surface area (Å²) >= 11 is 7.79. The molecule has 3 heterocycles. The quantitative estimate of drug-likeness (QED) is 0.717. The lowest BCUT2D eigenvalue weighted by Crippen LogP contribution is -2.46. The second-order valence-corrected chi connectivity index (χ2v) is 7.48. The molecule has 0 atom stereocenters. The van der Waals surface area contributed by atoms with Gasteiger partial charge in [0.15, 0.2) is 0 Å². The highest BCUT2D eigenvalue weighted by atomic mass is 35.5. The van der Waals surface area contributed by atoms with Crippen LogP contribution in [0, 0.1) is 6.92 Å². The second-order valence-electron chi connectivity index (χ2n) is 5.98. The van der Waals surface area contributed by atoms with E-state index >= 15 is 0 Å². The number of anilines is 1. The molecule has 0 N–H and O–H groups in total. The van der Waals surface area contributed by atoms with Crippen molar-refractivity contribution in [3.63, 3.8) is 0 Å². The fourth-order valence-electron chi connectivity index (χ4n) is 3.10. The first-order valence-electron chi connectivity index (χ1n) is 7.97. The van der Waals surface area contributed by atoms with E-state index in [0.29, 0.717) is 5.02 Å². The molecule has 2 aromatic heterocycles. The van der Waals surface area contributed by atoms with E-state index in [1.807, 2.05) is 18.2 Å². The van der Waals surface area contributed by atoms with E-state index < -0.39 is 0 Å². The highest BCUT2D eigenvalue weighted by molar-refractivity contribution is 7.09. The van der Waals surface area contributed by atoms with Crippen LogP contribution in [0.4, 0.5) is 5.82 Å². The first kappa shape index (κ1) is 15.7. The zero-order valence-electron chi connectivity index (χ0n) is 13.4. The third-order valence-electron chi connectivity index (χ3n) is 4.30. The molecular weight excluding hydrogens is 342 g/mol. The number of fused-ring (bicyclic) bond motifs is 1. The standard InChI is InChI=1S/C17H18ClN5S/c1-12-21-14(10-24-12)9-22-4-6-23(7-5-22)17-15-3-2-13(18)8-16(15)19-11-20-17/h2-3,8,10-11H,4-7,9H2,1H3. The lowest BCUT2D eigenvalue weighted by molar-refractivity contribution is 0.247. The molecule has 0 aliphatic carbocycles. The zero-order valence-corrected chi connectivity index (χ0v) is 15.0. The molecule has 1 aromatic carbocycles. The maximum atomic E-state index is 6.07. The molecule has 0 bridgehead atoms. The monoisotopic (exact) mass is 359 g/mol. The van der Waals surface area contributed by atoms with Crippen LogP contribution in [0.1, 0.15) is 10.7 Å². The maximum Gasteiger partial charge on any atom is 0.139 e. The van der Waals surface area contributed by atoms with Gasteiger partial charge in [0, 0.05) is 48.5 Å². The van der Waals surface area contributed by atoms with E-state index in [4.69, 9.17) is 11.6 Å². The molecule has 124 valence electrons. The molecule has 7 heteroatoms. The fraction of sp³-hybridized carbons (Fsp3) is 0.353. The van der Waals surface area contributed by atoms with Crippen molar-refractivity contribution in [3.05, 3.63) is 45.6 Å². The van der Waals surface area contributed by atoms with Crippen LogP contribution in [0.2, 0.25) is 5.02 Å². The minimum Gasteiger partial charge on any atom is -0.353 e. The van der Waals surface area contributed by atoms with Crippen LogP contribution in [0.25, 0.3) is 10.9 Å². The van der Waals surface area contributed by atoms with E-state index in [2.05, 4.69) is 37.1 Å². The molecule has 0 amide bonds. The number of rotatable bonds is 3. The van der Waals surface area contributed by atoms with Crippen molar-refractivity contribution >= 4 is 39.7 Å². The Bertz CT molecular complexity index is 857. The number of halogens is 1. The molecule has 4 rings (SSSR count). The molecule has 0 saturated carbocycles. The lowest BCUT2D eigenvalue weighted by atomic mass is 10.2. The minimum atomic E-state index is 0.704. The summed E-state index contributed by atoms with van der Waals surface area (Å²) in [6, 6.07) is 5.80. The predicted octanol–water partition coefficient (Wildman–Crippen LogP) is 3.37. The molecule has 0 radical (unpaired) electrons. The van der Waals surface area contributed by atoms with E-state index in [-0.39, 0.29) is 0 Å². The number of nitrogens with zero attached hydrogens (tertiary/aromatic N) is 5. The number of piperazine rings is 1. The first-order chi connectivity index (χ1) is 11.7. The molecule has 24 heavy (non-hydrogen) atoms. The molecule has 0 unspecified atom stereocenters. The Hall–Kier alpha value is -1.76. The zero-order chi connectivity index (χ0) is 16.5. The SMILES string of the molecule is Cc1nc(CN2CCN(c3ncnc4cc(Cl)ccc34)CC2)cs1. The van der Waals surface area contributed by atoms with Gasteiger partial charge in [0.2, 0.25) is 0 Å². The van der Waals surface area contributed by atoms with Crippen molar-refractivity contribution in [2.24, 2.45) is 0 Å². The van der Waals surface area contributed by atoms with Gasteiger partial charge in [0.25, 0.3) is 0 Å². The van der Waals surface area contributed by atoms with Crippen LogP contribution in [-0.2, 0) is 6.54 Å². The summed E-state index contributed by atoms with van der Waals surface area (Å²) in [5.74, 6) is 1.00. The van der Waals surface area contributed by atoms with Crippen LogP contribution >= 0.6 is 22.9 Å².